The molecule has 3 rings (SSSR count). The van der Waals surface area contributed by atoms with Crippen LogP contribution in [0.25, 0.3) is 0 Å². The fourth-order valence-electron chi connectivity index (χ4n) is 3.75. The Labute approximate surface area is 149 Å². The lowest BCUT2D eigenvalue weighted by Gasteiger charge is -2.57. The second-order valence-electron chi connectivity index (χ2n) is 6.79. The monoisotopic (exact) mass is 371 g/mol. The largest absolute Gasteiger partial charge is 0.467 e. The second kappa shape index (κ2) is 6.90. The lowest BCUT2D eigenvalue weighted by atomic mass is 9.66. The molecule has 0 bridgehead atoms. The molecule has 2 aliphatic heterocycles. The average Bonchev–Trinajstić information content (AvgIpc) is 2.60. The number of rotatable bonds is 3. The van der Waals surface area contributed by atoms with Gasteiger partial charge in [0, 0.05) is 25.2 Å². The van der Waals surface area contributed by atoms with Gasteiger partial charge in [0.1, 0.15) is 6.04 Å². The maximum absolute atomic E-state index is 12.6. The van der Waals surface area contributed by atoms with Crippen molar-refractivity contribution in [1.29, 1.82) is 0 Å². The van der Waals surface area contributed by atoms with E-state index in [0.29, 0.717) is 38.2 Å². The summed E-state index contributed by atoms with van der Waals surface area (Å²) in [4.78, 5) is 26.3. The summed E-state index contributed by atoms with van der Waals surface area (Å²) in [6, 6.07) is 3.83. The van der Waals surface area contributed by atoms with Crippen LogP contribution in [-0.2, 0) is 31.7 Å². The molecule has 0 N–H and O–H groups in total. The van der Waals surface area contributed by atoms with Gasteiger partial charge in [0.2, 0.25) is 5.91 Å². The van der Waals surface area contributed by atoms with E-state index in [9.17, 15) is 22.8 Å². The smallest absolute Gasteiger partial charge is 0.416 e. The number of methoxy groups -OCH3 is 1. The van der Waals surface area contributed by atoms with E-state index in [1.165, 1.54) is 24.1 Å². The fraction of sp³-hybridized carbons (Fsp3) is 0.556. The fourth-order valence-corrected chi connectivity index (χ4v) is 3.75. The molecule has 5 nitrogen and oxygen atoms in total. The average molecular weight is 371 g/mol. The predicted octanol–water partition coefficient (Wildman–Crippen LogP) is 2.43. The van der Waals surface area contributed by atoms with Crippen LogP contribution in [0.15, 0.2) is 24.3 Å². The van der Waals surface area contributed by atoms with Crippen LogP contribution >= 0.6 is 0 Å². The summed E-state index contributed by atoms with van der Waals surface area (Å²) in [6.07, 6.45) is -3.11. The molecule has 2 saturated heterocycles. The van der Waals surface area contributed by atoms with Crippen molar-refractivity contribution in [1.82, 2.24) is 4.90 Å². The molecule has 142 valence electrons. The molecule has 8 heteroatoms. The van der Waals surface area contributed by atoms with Gasteiger partial charge in [-0.3, -0.25) is 4.79 Å². The number of benzene rings is 1. The summed E-state index contributed by atoms with van der Waals surface area (Å²) in [5, 5.41) is 0. The first-order chi connectivity index (χ1) is 12.3. The Morgan fingerprint density at radius 3 is 2.38 bits per heavy atom. The van der Waals surface area contributed by atoms with Crippen LogP contribution in [0.2, 0.25) is 0 Å². The molecular formula is C18H20F3NO4. The van der Waals surface area contributed by atoms with Gasteiger partial charge >= 0.3 is 12.1 Å². The lowest BCUT2D eigenvalue weighted by molar-refractivity contribution is -0.187. The van der Waals surface area contributed by atoms with Crippen LogP contribution in [0.4, 0.5) is 13.2 Å². The van der Waals surface area contributed by atoms with Crippen molar-refractivity contribution in [2.75, 3.05) is 26.9 Å². The van der Waals surface area contributed by atoms with Crippen molar-refractivity contribution in [3.05, 3.63) is 35.4 Å². The highest BCUT2D eigenvalue weighted by atomic mass is 19.4. The van der Waals surface area contributed by atoms with Crippen LogP contribution in [0.1, 0.15) is 24.0 Å². The molecule has 0 aliphatic carbocycles. The Kier molecular flexibility index (Phi) is 4.96. The van der Waals surface area contributed by atoms with E-state index >= 15 is 0 Å². The maximum atomic E-state index is 12.6. The van der Waals surface area contributed by atoms with Gasteiger partial charge in [0.15, 0.2) is 0 Å². The molecule has 0 radical (unpaired) electrons. The summed E-state index contributed by atoms with van der Waals surface area (Å²) in [6.45, 7) is 1.51. The van der Waals surface area contributed by atoms with Crippen molar-refractivity contribution in [2.45, 2.75) is 31.5 Å². The van der Waals surface area contributed by atoms with Gasteiger partial charge in [-0.1, -0.05) is 12.1 Å². The van der Waals surface area contributed by atoms with Gasteiger partial charge in [-0.2, -0.15) is 13.2 Å². The molecule has 26 heavy (non-hydrogen) atoms. The molecule has 0 aromatic heterocycles. The zero-order chi connectivity index (χ0) is 18.9. The number of ether oxygens (including phenoxy) is 2. The molecule has 1 spiro atoms. The van der Waals surface area contributed by atoms with Crippen LogP contribution < -0.4 is 0 Å². The number of halogens is 3. The van der Waals surface area contributed by atoms with Gasteiger partial charge < -0.3 is 14.4 Å². The van der Waals surface area contributed by atoms with Crippen molar-refractivity contribution in [3.8, 4) is 0 Å². The summed E-state index contributed by atoms with van der Waals surface area (Å²) < 4.78 is 48.1. The Morgan fingerprint density at radius 1 is 1.23 bits per heavy atom. The molecule has 2 heterocycles. The number of carbonyl (C=O) groups excluding carboxylic acids is 2. The molecule has 1 amide bonds. The van der Waals surface area contributed by atoms with Gasteiger partial charge in [-0.25, -0.2) is 4.79 Å². The van der Waals surface area contributed by atoms with Gasteiger partial charge in [-0.05, 0) is 30.5 Å². The molecule has 1 aromatic carbocycles. The molecular weight excluding hydrogens is 351 g/mol. The highest BCUT2D eigenvalue weighted by molar-refractivity contribution is 5.88. The Morgan fingerprint density at radius 2 is 1.85 bits per heavy atom. The number of esters is 1. The number of hydrogen-bond donors (Lipinski definition) is 0. The third-order valence-corrected chi connectivity index (χ3v) is 5.25. The standard InChI is InChI=1S/C18H20F3NO4/c1-25-16(24)15-17(6-8-26-9-7-17)11-22(15)14(23)10-12-2-4-13(5-3-12)18(19,20)21/h2-5,15H,6-11H2,1H3. The van der Waals surface area contributed by atoms with E-state index in [4.69, 9.17) is 9.47 Å². The molecule has 0 saturated carbocycles. The van der Waals surface area contributed by atoms with E-state index in [-0.39, 0.29) is 17.7 Å². The van der Waals surface area contributed by atoms with Crippen LogP contribution in [0.3, 0.4) is 0 Å². The van der Waals surface area contributed by atoms with E-state index in [1.807, 2.05) is 0 Å². The minimum atomic E-state index is -4.41. The topological polar surface area (TPSA) is 55.8 Å². The van der Waals surface area contributed by atoms with E-state index in [1.54, 1.807) is 0 Å². The molecule has 1 unspecified atom stereocenters. The molecule has 1 aromatic rings. The van der Waals surface area contributed by atoms with Crippen LogP contribution in [0, 0.1) is 5.41 Å². The summed E-state index contributed by atoms with van der Waals surface area (Å²) in [7, 11) is 1.28. The predicted molar refractivity (Wildman–Crippen MR) is 85.2 cm³/mol. The first-order valence-electron chi connectivity index (χ1n) is 8.38. The highest BCUT2D eigenvalue weighted by Gasteiger charge is 2.58. The first kappa shape index (κ1) is 18.7. The van der Waals surface area contributed by atoms with E-state index < -0.39 is 23.8 Å². The number of alkyl halides is 3. The molecule has 1 atom stereocenters. The number of amides is 1. The lowest BCUT2D eigenvalue weighted by Crippen LogP contribution is -2.71. The van der Waals surface area contributed by atoms with Gasteiger partial charge in [0.25, 0.3) is 0 Å². The third-order valence-electron chi connectivity index (χ3n) is 5.25. The van der Waals surface area contributed by atoms with Gasteiger partial charge in [-0.15, -0.1) is 0 Å². The SMILES string of the molecule is COC(=O)C1N(C(=O)Cc2ccc(C(F)(F)F)cc2)CC12CCOCC2. The first-order valence-corrected chi connectivity index (χ1v) is 8.38. The zero-order valence-corrected chi connectivity index (χ0v) is 14.3. The van der Waals surface area contributed by atoms with Crippen LogP contribution in [0.5, 0.6) is 0 Å². The molecule has 2 fully saturated rings. The van der Waals surface area contributed by atoms with E-state index in [2.05, 4.69) is 0 Å². The summed E-state index contributed by atoms with van der Waals surface area (Å²) in [5.74, 6) is -0.754. The maximum Gasteiger partial charge on any atom is 0.416 e. The highest BCUT2D eigenvalue weighted by Crippen LogP contribution is 2.46. The van der Waals surface area contributed by atoms with E-state index in [0.717, 1.165) is 12.1 Å². The number of likely N-dealkylation sites (tertiary alicyclic amines) is 1. The number of nitrogens with zero attached hydrogens (tertiary/aromatic N) is 1. The summed E-state index contributed by atoms with van der Waals surface area (Å²) >= 11 is 0. The zero-order valence-electron chi connectivity index (χ0n) is 14.3. The van der Waals surface area contributed by atoms with Gasteiger partial charge in [0.05, 0.1) is 19.1 Å². The van der Waals surface area contributed by atoms with Crippen molar-refractivity contribution < 1.29 is 32.2 Å². The number of carbonyl (C=O) groups is 2. The van der Waals surface area contributed by atoms with Crippen molar-refractivity contribution >= 4 is 11.9 Å². The molecule has 2 aliphatic rings. The van der Waals surface area contributed by atoms with Crippen molar-refractivity contribution in [2.24, 2.45) is 5.41 Å². The minimum absolute atomic E-state index is 0.0573. The minimum Gasteiger partial charge on any atom is -0.467 e. The third kappa shape index (κ3) is 3.42. The second-order valence-corrected chi connectivity index (χ2v) is 6.79. The van der Waals surface area contributed by atoms with Crippen LogP contribution in [-0.4, -0.2) is 49.7 Å². The Hall–Kier alpha value is -2.09. The summed E-state index contributed by atoms with van der Waals surface area (Å²) in [5.41, 5.74) is -0.605. The Balaban J connectivity index is 1.70. The Bertz CT molecular complexity index is 681. The number of hydrogen-bond acceptors (Lipinski definition) is 4. The quantitative estimate of drug-likeness (QED) is 0.766. The normalized spacial score (nSPS) is 22.0. The van der Waals surface area contributed by atoms with Crippen molar-refractivity contribution in [3.63, 3.8) is 0 Å².